The Balaban J connectivity index is 2.46. The van der Waals surface area contributed by atoms with Crippen molar-refractivity contribution in [2.45, 2.75) is 30.7 Å². The molecular weight excluding hydrogens is 288 g/mol. The first-order valence-electron chi connectivity index (χ1n) is 6.51. The number of benzene rings is 1. The van der Waals surface area contributed by atoms with E-state index in [1.807, 2.05) is 39.0 Å². The molecule has 21 heavy (non-hydrogen) atoms. The number of aromatic nitrogens is 2. The molecule has 6 nitrogen and oxygen atoms in total. The minimum atomic E-state index is -0.439. The number of nitro groups is 1. The van der Waals surface area contributed by atoms with Crippen LogP contribution in [0.3, 0.4) is 0 Å². The molecule has 7 heteroatoms. The summed E-state index contributed by atoms with van der Waals surface area (Å²) in [7, 11) is 0. The van der Waals surface area contributed by atoms with Crippen LogP contribution in [0.4, 0.5) is 11.5 Å². The van der Waals surface area contributed by atoms with Gasteiger partial charge in [0.25, 0.3) is 0 Å². The Kier molecular flexibility index (Phi) is 4.74. The number of aryl methyl sites for hydroxylation is 2. The predicted octanol–water partition coefficient (Wildman–Crippen LogP) is 3.58. The zero-order chi connectivity index (χ0) is 15.4. The van der Waals surface area contributed by atoms with Gasteiger partial charge in [0.2, 0.25) is 5.82 Å². The van der Waals surface area contributed by atoms with Gasteiger partial charge in [0.05, 0.1) is 4.92 Å². The van der Waals surface area contributed by atoms with Crippen LogP contribution in [0.1, 0.15) is 18.1 Å². The van der Waals surface area contributed by atoms with Gasteiger partial charge in [0, 0.05) is 11.4 Å². The fourth-order valence-electron chi connectivity index (χ4n) is 1.82. The van der Waals surface area contributed by atoms with Crippen molar-refractivity contribution in [1.29, 1.82) is 0 Å². The molecule has 110 valence electrons. The van der Waals surface area contributed by atoms with Gasteiger partial charge < -0.3 is 5.32 Å². The van der Waals surface area contributed by atoms with Crippen molar-refractivity contribution < 1.29 is 4.92 Å². The highest BCUT2D eigenvalue weighted by atomic mass is 32.2. The number of nitrogens with zero attached hydrogens (tertiary/aromatic N) is 3. The summed E-state index contributed by atoms with van der Waals surface area (Å²) in [4.78, 5) is 19.9. The fourth-order valence-corrected chi connectivity index (χ4v) is 2.87. The third-order valence-corrected chi connectivity index (χ3v) is 4.02. The van der Waals surface area contributed by atoms with E-state index in [4.69, 9.17) is 0 Å². The first-order valence-corrected chi connectivity index (χ1v) is 7.33. The van der Waals surface area contributed by atoms with Crippen LogP contribution in [0.5, 0.6) is 0 Å². The fraction of sp³-hybridized carbons (Fsp3) is 0.286. The highest BCUT2D eigenvalue weighted by Gasteiger charge is 2.23. The van der Waals surface area contributed by atoms with E-state index >= 15 is 0 Å². The van der Waals surface area contributed by atoms with Crippen LogP contribution in [0.15, 0.2) is 34.4 Å². The van der Waals surface area contributed by atoms with E-state index in [9.17, 15) is 10.1 Å². The van der Waals surface area contributed by atoms with Crippen LogP contribution in [-0.4, -0.2) is 21.4 Å². The molecule has 1 N–H and O–H groups in total. The van der Waals surface area contributed by atoms with Crippen molar-refractivity contribution in [1.82, 2.24) is 9.97 Å². The summed E-state index contributed by atoms with van der Waals surface area (Å²) in [6, 6.07) is 6.01. The van der Waals surface area contributed by atoms with Gasteiger partial charge in [0.15, 0.2) is 5.03 Å². The molecule has 0 saturated heterocycles. The topological polar surface area (TPSA) is 81.0 Å². The van der Waals surface area contributed by atoms with Crippen LogP contribution in [0, 0.1) is 24.0 Å². The third-order valence-electron chi connectivity index (χ3n) is 2.87. The summed E-state index contributed by atoms with van der Waals surface area (Å²) in [5.74, 6) is 0.255. The van der Waals surface area contributed by atoms with Crippen LogP contribution >= 0.6 is 11.8 Å². The van der Waals surface area contributed by atoms with Gasteiger partial charge in [0.1, 0.15) is 6.33 Å². The molecule has 2 aromatic rings. The van der Waals surface area contributed by atoms with Crippen molar-refractivity contribution in [2.75, 3.05) is 11.9 Å². The minimum absolute atomic E-state index is 0.0785. The monoisotopic (exact) mass is 304 g/mol. The average molecular weight is 304 g/mol. The quantitative estimate of drug-likeness (QED) is 0.516. The smallest absolute Gasteiger partial charge is 0.343 e. The molecule has 0 aliphatic heterocycles. The SMILES string of the molecule is CCNc1ncnc(Sc2cc(C)ccc2C)c1[N+](=O)[O-]. The van der Waals surface area contributed by atoms with Crippen molar-refractivity contribution in [3.63, 3.8) is 0 Å². The molecule has 0 atom stereocenters. The summed E-state index contributed by atoms with van der Waals surface area (Å²) in [6.45, 7) is 6.39. The lowest BCUT2D eigenvalue weighted by molar-refractivity contribution is -0.387. The zero-order valence-corrected chi connectivity index (χ0v) is 12.9. The molecule has 0 fully saturated rings. The molecule has 2 rings (SSSR count). The Morgan fingerprint density at radius 1 is 1.33 bits per heavy atom. The molecule has 1 aromatic carbocycles. The van der Waals surface area contributed by atoms with Gasteiger partial charge in [-0.15, -0.1) is 0 Å². The predicted molar refractivity (Wildman–Crippen MR) is 82.9 cm³/mol. The molecule has 0 aliphatic rings. The van der Waals surface area contributed by atoms with Gasteiger partial charge in [-0.2, -0.15) is 0 Å². The standard InChI is InChI=1S/C14H16N4O2S/c1-4-15-13-12(18(19)20)14(17-8-16-13)21-11-7-9(2)5-6-10(11)3/h5-8H,4H2,1-3H3,(H,15,16,17). The lowest BCUT2D eigenvalue weighted by atomic mass is 10.2. The number of hydrogen-bond acceptors (Lipinski definition) is 6. The Morgan fingerprint density at radius 2 is 2.10 bits per heavy atom. The molecule has 0 radical (unpaired) electrons. The molecule has 0 bridgehead atoms. The highest BCUT2D eigenvalue weighted by molar-refractivity contribution is 7.99. The first kappa shape index (κ1) is 15.2. The Hall–Kier alpha value is -2.15. The zero-order valence-electron chi connectivity index (χ0n) is 12.1. The summed E-state index contributed by atoms with van der Waals surface area (Å²) < 4.78 is 0. The first-order chi connectivity index (χ1) is 10.0. The summed E-state index contributed by atoms with van der Waals surface area (Å²) in [6.07, 6.45) is 1.35. The normalized spacial score (nSPS) is 10.4. The largest absolute Gasteiger partial charge is 0.364 e. The number of hydrogen-bond donors (Lipinski definition) is 1. The van der Waals surface area contributed by atoms with Crippen molar-refractivity contribution in [2.24, 2.45) is 0 Å². The molecule has 1 heterocycles. The Labute approximate surface area is 127 Å². The lowest BCUT2D eigenvalue weighted by Gasteiger charge is -2.08. The molecule has 0 amide bonds. The van der Waals surface area contributed by atoms with Gasteiger partial charge >= 0.3 is 5.69 Å². The molecule has 0 aliphatic carbocycles. The second-order valence-corrected chi connectivity index (χ2v) is 5.57. The molecule has 0 spiro atoms. The summed E-state index contributed by atoms with van der Waals surface area (Å²) >= 11 is 1.29. The van der Waals surface area contributed by atoms with E-state index in [0.717, 1.165) is 16.0 Å². The molecule has 1 aromatic heterocycles. The van der Waals surface area contributed by atoms with E-state index in [1.165, 1.54) is 18.1 Å². The van der Waals surface area contributed by atoms with Crippen molar-refractivity contribution in [3.8, 4) is 0 Å². The Morgan fingerprint density at radius 3 is 2.76 bits per heavy atom. The van der Waals surface area contributed by atoms with Gasteiger partial charge in [-0.25, -0.2) is 9.97 Å². The third kappa shape index (κ3) is 3.49. The highest BCUT2D eigenvalue weighted by Crippen LogP contribution is 2.37. The average Bonchev–Trinajstić information content (AvgIpc) is 2.43. The van der Waals surface area contributed by atoms with Gasteiger partial charge in [-0.05, 0) is 38.0 Å². The maximum Gasteiger partial charge on any atom is 0.343 e. The molecule has 0 unspecified atom stereocenters. The van der Waals surface area contributed by atoms with Crippen molar-refractivity contribution in [3.05, 3.63) is 45.8 Å². The number of nitrogens with one attached hydrogen (secondary N) is 1. The van der Waals surface area contributed by atoms with E-state index in [2.05, 4.69) is 15.3 Å². The van der Waals surface area contributed by atoms with Gasteiger partial charge in [-0.3, -0.25) is 10.1 Å². The number of anilines is 1. The lowest BCUT2D eigenvalue weighted by Crippen LogP contribution is -2.05. The van der Waals surface area contributed by atoms with E-state index in [0.29, 0.717) is 11.6 Å². The van der Waals surface area contributed by atoms with Crippen molar-refractivity contribution >= 4 is 23.3 Å². The number of rotatable bonds is 5. The van der Waals surface area contributed by atoms with Crippen LogP contribution < -0.4 is 5.32 Å². The second-order valence-electron chi connectivity index (χ2n) is 4.53. The molecular formula is C14H16N4O2S. The van der Waals surface area contributed by atoms with E-state index < -0.39 is 4.92 Å². The van der Waals surface area contributed by atoms with Crippen LogP contribution in [-0.2, 0) is 0 Å². The summed E-state index contributed by atoms with van der Waals surface area (Å²) in [5.41, 5.74) is 2.08. The maximum atomic E-state index is 11.3. The second kappa shape index (κ2) is 6.53. The van der Waals surface area contributed by atoms with E-state index in [1.54, 1.807) is 0 Å². The van der Waals surface area contributed by atoms with Crippen LogP contribution in [0.25, 0.3) is 0 Å². The van der Waals surface area contributed by atoms with Crippen LogP contribution in [0.2, 0.25) is 0 Å². The maximum absolute atomic E-state index is 11.3. The Bertz CT molecular complexity index is 676. The minimum Gasteiger partial charge on any atom is -0.364 e. The molecule has 0 saturated carbocycles. The van der Waals surface area contributed by atoms with E-state index in [-0.39, 0.29) is 11.5 Å². The van der Waals surface area contributed by atoms with Gasteiger partial charge in [-0.1, -0.05) is 23.9 Å². The summed E-state index contributed by atoms with van der Waals surface area (Å²) in [5, 5.41) is 14.6.